The highest BCUT2D eigenvalue weighted by molar-refractivity contribution is 8.18. The van der Waals surface area contributed by atoms with E-state index in [9.17, 15) is 18.8 Å². The number of imide groups is 1. The van der Waals surface area contributed by atoms with Crippen molar-refractivity contribution in [2.75, 3.05) is 19.9 Å². The maximum Gasteiger partial charge on any atom is 0.293 e. The Morgan fingerprint density at radius 3 is 2.76 bits per heavy atom. The quantitative estimate of drug-likeness (QED) is 0.757. The molecular formula is C20H15FN2O5S. The van der Waals surface area contributed by atoms with Crippen LogP contribution in [-0.2, 0) is 4.79 Å². The zero-order valence-corrected chi connectivity index (χ0v) is 15.8. The number of nitrogens with zero attached hydrogens (tertiary/aromatic N) is 1. The van der Waals surface area contributed by atoms with Gasteiger partial charge in [0.25, 0.3) is 17.1 Å². The molecule has 2 aromatic carbocycles. The smallest absolute Gasteiger partial charge is 0.293 e. The van der Waals surface area contributed by atoms with E-state index in [1.807, 2.05) is 0 Å². The van der Waals surface area contributed by atoms with Gasteiger partial charge < -0.3 is 14.8 Å². The van der Waals surface area contributed by atoms with Crippen LogP contribution in [0, 0.1) is 5.82 Å². The molecule has 0 saturated carbocycles. The summed E-state index contributed by atoms with van der Waals surface area (Å²) in [5.41, 5.74) is 0.940. The van der Waals surface area contributed by atoms with Crippen molar-refractivity contribution in [2.24, 2.45) is 0 Å². The summed E-state index contributed by atoms with van der Waals surface area (Å²) < 4.78 is 23.5. The maximum absolute atomic E-state index is 13.0. The van der Waals surface area contributed by atoms with Gasteiger partial charge in [-0.2, -0.15) is 0 Å². The first kappa shape index (κ1) is 19.0. The van der Waals surface area contributed by atoms with E-state index in [0.717, 1.165) is 16.7 Å². The minimum Gasteiger partial charge on any atom is -0.454 e. The lowest BCUT2D eigenvalue weighted by molar-refractivity contribution is -0.122. The highest BCUT2D eigenvalue weighted by atomic mass is 32.2. The largest absolute Gasteiger partial charge is 0.454 e. The van der Waals surface area contributed by atoms with Gasteiger partial charge in [0.1, 0.15) is 5.82 Å². The Kier molecular flexibility index (Phi) is 5.22. The molecule has 0 unspecified atom stereocenters. The van der Waals surface area contributed by atoms with E-state index in [1.165, 1.54) is 30.3 Å². The Bertz CT molecular complexity index is 1020. The van der Waals surface area contributed by atoms with Crippen molar-refractivity contribution in [3.8, 4) is 11.5 Å². The van der Waals surface area contributed by atoms with E-state index >= 15 is 0 Å². The molecule has 0 atom stereocenters. The fraction of sp³-hybridized carbons (Fsp3) is 0.150. The average Bonchev–Trinajstić information content (AvgIpc) is 3.29. The maximum atomic E-state index is 13.0. The van der Waals surface area contributed by atoms with Gasteiger partial charge in [-0.05, 0) is 47.7 Å². The van der Waals surface area contributed by atoms with Crippen LogP contribution in [-0.4, -0.2) is 41.8 Å². The number of rotatable bonds is 5. The molecule has 4 rings (SSSR count). The Morgan fingerprint density at radius 1 is 1.17 bits per heavy atom. The number of halogens is 1. The van der Waals surface area contributed by atoms with Crippen LogP contribution in [0.3, 0.4) is 0 Å². The topological polar surface area (TPSA) is 84.9 Å². The monoisotopic (exact) mass is 414 g/mol. The molecule has 7 nitrogen and oxygen atoms in total. The number of thioether (sulfide) groups is 1. The number of hydrogen-bond acceptors (Lipinski definition) is 6. The van der Waals surface area contributed by atoms with Gasteiger partial charge in [-0.15, -0.1) is 0 Å². The molecule has 2 aliphatic rings. The summed E-state index contributed by atoms with van der Waals surface area (Å²) in [6.45, 7) is 0.172. The van der Waals surface area contributed by atoms with Crippen molar-refractivity contribution in [3.05, 3.63) is 64.3 Å². The van der Waals surface area contributed by atoms with Crippen molar-refractivity contribution < 1.29 is 28.2 Å². The number of para-hydroxylation sites is 1. The normalized spacial score (nSPS) is 16.6. The van der Waals surface area contributed by atoms with Gasteiger partial charge in [-0.1, -0.05) is 18.2 Å². The fourth-order valence-electron chi connectivity index (χ4n) is 2.89. The third-order valence-electron chi connectivity index (χ3n) is 4.30. The number of fused-ring (bicyclic) bond motifs is 1. The van der Waals surface area contributed by atoms with Crippen LogP contribution in [0.4, 0.5) is 9.18 Å². The fourth-order valence-corrected chi connectivity index (χ4v) is 3.75. The van der Waals surface area contributed by atoms with Gasteiger partial charge in [0.05, 0.1) is 10.5 Å². The summed E-state index contributed by atoms with van der Waals surface area (Å²) in [5, 5.41) is 2.26. The second-order valence-electron chi connectivity index (χ2n) is 6.18. The van der Waals surface area contributed by atoms with Crippen LogP contribution in [0.25, 0.3) is 6.08 Å². The van der Waals surface area contributed by atoms with Crippen LogP contribution in [0.5, 0.6) is 11.5 Å². The highest BCUT2D eigenvalue weighted by Gasteiger charge is 2.34. The van der Waals surface area contributed by atoms with Gasteiger partial charge in [-0.25, -0.2) is 4.39 Å². The van der Waals surface area contributed by atoms with Crippen molar-refractivity contribution in [3.63, 3.8) is 0 Å². The molecule has 0 radical (unpaired) electrons. The van der Waals surface area contributed by atoms with Crippen LogP contribution in [0.15, 0.2) is 47.4 Å². The van der Waals surface area contributed by atoms with Crippen LogP contribution < -0.4 is 14.8 Å². The summed E-state index contributed by atoms with van der Waals surface area (Å²) in [7, 11) is 0. The highest BCUT2D eigenvalue weighted by Crippen LogP contribution is 2.35. The molecule has 0 aliphatic carbocycles. The molecule has 29 heavy (non-hydrogen) atoms. The van der Waals surface area contributed by atoms with Gasteiger partial charge >= 0.3 is 0 Å². The number of amides is 3. The first-order valence-corrected chi connectivity index (χ1v) is 9.52. The molecular weight excluding hydrogens is 399 g/mol. The minimum absolute atomic E-state index is 0.0313. The predicted octanol–water partition coefficient (Wildman–Crippen LogP) is 3.02. The van der Waals surface area contributed by atoms with Crippen LogP contribution in [0.2, 0.25) is 0 Å². The molecule has 1 N–H and O–H groups in total. The van der Waals surface area contributed by atoms with Crippen LogP contribution in [0.1, 0.15) is 15.9 Å². The van der Waals surface area contributed by atoms with Crippen molar-refractivity contribution in [2.45, 2.75) is 0 Å². The van der Waals surface area contributed by atoms with E-state index in [4.69, 9.17) is 9.47 Å². The second kappa shape index (κ2) is 7.96. The van der Waals surface area contributed by atoms with Gasteiger partial charge in [0.15, 0.2) is 11.5 Å². The van der Waals surface area contributed by atoms with Gasteiger partial charge in [0.2, 0.25) is 6.79 Å². The lowest BCUT2D eigenvalue weighted by atomic mass is 10.1. The first-order chi connectivity index (χ1) is 14.0. The van der Waals surface area contributed by atoms with E-state index in [2.05, 4.69) is 5.32 Å². The molecule has 0 bridgehead atoms. The number of hydrogen-bond donors (Lipinski definition) is 1. The Morgan fingerprint density at radius 2 is 1.97 bits per heavy atom. The van der Waals surface area contributed by atoms with Gasteiger partial charge in [0, 0.05) is 13.1 Å². The first-order valence-electron chi connectivity index (χ1n) is 8.70. The molecule has 0 spiro atoms. The van der Waals surface area contributed by atoms with Crippen molar-refractivity contribution in [1.82, 2.24) is 10.2 Å². The summed E-state index contributed by atoms with van der Waals surface area (Å²) in [6.07, 6.45) is 1.54. The molecule has 148 valence electrons. The third-order valence-corrected chi connectivity index (χ3v) is 5.21. The number of carbonyl (C=O) groups is 3. The lowest BCUT2D eigenvalue weighted by Crippen LogP contribution is -2.37. The van der Waals surface area contributed by atoms with Crippen molar-refractivity contribution in [1.29, 1.82) is 0 Å². The zero-order valence-electron chi connectivity index (χ0n) is 15.0. The van der Waals surface area contributed by atoms with E-state index in [-0.39, 0.29) is 36.5 Å². The Hall–Kier alpha value is -3.33. The third kappa shape index (κ3) is 3.95. The number of carbonyl (C=O) groups excluding carboxylic acids is 3. The summed E-state index contributed by atoms with van der Waals surface area (Å²) in [6, 6.07) is 10.6. The van der Waals surface area contributed by atoms with E-state index in [1.54, 1.807) is 18.2 Å². The number of nitrogens with one attached hydrogen (secondary N) is 1. The standard InChI is InChI=1S/C20H15FN2O5S/c21-13-6-4-12(5-7-13)10-16-19(25)23(20(26)29-16)9-8-22-18(24)14-2-1-3-15-17(14)28-11-27-15/h1-7,10H,8-9,11H2,(H,22,24)/b16-10-. The molecule has 2 heterocycles. The van der Waals surface area contributed by atoms with Crippen molar-refractivity contribution >= 4 is 34.9 Å². The average molecular weight is 414 g/mol. The molecule has 9 heteroatoms. The molecule has 3 amide bonds. The molecule has 2 aliphatic heterocycles. The zero-order chi connectivity index (χ0) is 20.4. The Balaban J connectivity index is 1.37. The van der Waals surface area contributed by atoms with E-state index < -0.39 is 11.1 Å². The predicted molar refractivity (Wildman–Crippen MR) is 104 cm³/mol. The number of ether oxygens (including phenoxy) is 2. The Labute approximate surface area is 169 Å². The summed E-state index contributed by atoms with van der Waals surface area (Å²) in [5.74, 6) is -0.350. The molecule has 2 aromatic rings. The summed E-state index contributed by atoms with van der Waals surface area (Å²) >= 11 is 0.808. The number of benzene rings is 2. The molecule has 0 aromatic heterocycles. The molecule has 1 fully saturated rings. The second-order valence-corrected chi connectivity index (χ2v) is 7.17. The van der Waals surface area contributed by atoms with Crippen LogP contribution >= 0.6 is 11.8 Å². The van der Waals surface area contributed by atoms with E-state index in [0.29, 0.717) is 22.6 Å². The molecule has 1 saturated heterocycles. The van der Waals surface area contributed by atoms with Gasteiger partial charge in [-0.3, -0.25) is 19.3 Å². The lowest BCUT2D eigenvalue weighted by Gasteiger charge is -2.13. The minimum atomic E-state index is -0.448. The summed E-state index contributed by atoms with van der Waals surface area (Å²) in [4.78, 5) is 38.3. The SMILES string of the molecule is O=C(NCCN1C(=O)S/C(=C\c2ccc(F)cc2)C1=O)c1cccc2c1OCO2.